The quantitative estimate of drug-likeness (QED) is 0.498. The topological polar surface area (TPSA) is 139 Å². The Morgan fingerprint density at radius 1 is 1.23 bits per heavy atom. The summed E-state index contributed by atoms with van der Waals surface area (Å²) >= 11 is 0. The maximum atomic E-state index is 12.7. The number of alkyl halides is 3. The Morgan fingerprint density at radius 3 is 2.65 bits per heavy atom. The number of fused-ring (bicyclic) bond motifs is 1. The molecule has 0 spiro atoms. The second kappa shape index (κ2) is 8.95. The molecule has 0 bridgehead atoms. The minimum absolute atomic E-state index is 0.0188. The highest BCUT2D eigenvalue weighted by atomic mass is 19.4. The van der Waals surface area contributed by atoms with Crippen LogP contribution in [0.2, 0.25) is 0 Å². The van der Waals surface area contributed by atoms with Gasteiger partial charge in [-0.25, -0.2) is 4.98 Å². The molecule has 3 heterocycles. The third kappa shape index (κ3) is 5.06. The van der Waals surface area contributed by atoms with Crippen molar-refractivity contribution in [3.05, 3.63) is 42.0 Å². The molecule has 3 aromatic heterocycles. The van der Waals surface area contributed by atoms with Gasteiger partial charge in [-0.05, 0) is 12.1 Å². The largest absolute Gasteiger partial charge is 0.417 e. The van der Waals surface area contributed by atoms with Gasteiger partial charge in [0.1, 0.15) is 5.82 Å². The van der Waals surface area contributed by atoms with Crippen molar-refractivity contribution in [1.82, 2.24) is 25.1 Å². The molecule has 0 aliphatic heterocycles. The van der Waals surface area contributed by atoms with Crippen molar-refractivity contribution < 1.29 is 27.5 Å². The van der Waals surface area contributed by atoms with Crippen molar-refractivity contribution in [3.8, 4) is 0 Å². The SMILES string of the molecule is COCCN(Cc1ccc(C(F)(F)F)cn1)C(=O)C(=O)Nc1cnc(N)c2cn[nH]c12. The van der Waals surface area contributed by atoms with Gasteiger partial charge in [0.15, 0.2) is 0 Å². The molecule has 0 unspecified atom stereocenters. The number of hydrogen-bond acceptors (Lipinski definition) is 7. The number of nitrogens with zero attached hydrogens (tertiary/aromatic N) is 4. The summed E-state index contributed by atoms with van der Waals surface area (Å²) in [6.07, 6.45) is -1.15. The minimum atomic E-state index is -4.53. The summed E-state index contributed by atoms with van der Waals surface area (Å²) in [5.74, 6) is -1.71. The number of anilines is 2. The molecular weight excluding hydrogens is 419 g/mol. The van der Waals surface area contributed by atoms with Gasteiger partial charge in [-0.15, -0.1) is 0 Å². The van der Waals surface area contributed by atoms with Gasteiger partial charge in [0.05, 0.1) is 53.4 Å². The molecule has 0 aliphatic rings. The third-order valence-electron chi connectivity index (χ3n) is 4.32. The first-order valence-corrected chi connectivity index (χ1v) is 8.89. The van der Waals surface area contributed by atoms with Crippen molar-refractivity contribution in [2.75, 3.05) is 31.3 Å². The van der Waals surface area contributed by atoms with Crippen molar-refractivity contribution in [3.63, 3.8) is 0 Å². The number of aromatic amines is 1. The smallest absolute Gasteiger partial charge is 0.383 e. The first-order chi connectivity index (χ1) is 14.7. The fraction of sp³-hybridized carbons (Fsp3) is 0.278. The molecule has 0 saturated heterocycles. The van der Waals surface area contributed by atoms with Gasteiger partial charge < -0.3 is 20.7 Å². The van der Waals surface area contributed by atoms with Crippen LogP contribution in [0.3, 0.4) is 0 Å². The fourth-order valence-corrected chi connectivity index (χ4v) is 2.70. The molecule has 10 nitrogen and oxygen atoms in total. The van der Waals surface area contributed by atoms with E-state index in [1.165, 1.54) is 19.5 Å². The van der Waals surface area contributed by atoms with Crippen LogP contribution in [-0.2, 0) is 27.0 Å². The molecule has 31 heavy (non-hydrogen) atoms. The molecule has 164 valence electrons. The Morgan fingerprint density at radius 2 is 2.00 bits per heavy atom. The first-order valence-electron chi connectivity index (χ1n) is 8.89. The van der Waals surface area contributed by atoms with Crippen molar-refractivity contribution in [2.24, 2.45) is 0 Å². The van der Waals surface area contributed by atoms with Crippen LogP contribution >= 0.6 is 0 Å². The zero-order valence-electron chi connectivity index (χ0n) is 16.2. The van der Waals surface area contributed by atoms with Crippen LogP contribution in [0.1, 0.15) is 11.3 Å². The Hall–Kier alpha value is -3.74. The van der Waals surface area contributed by atoms with Crippen molar-refractivity contribution in [2.45, 2.75) is 12.7 Å². The predicted molar refractivity (Wildman–Crippen MR) is 103 cm³/mol. The van der Waals surface area contributed by atoms with E-state index in [0.717, 1.165) is 17.0 Å². The number of halogens is 3. The number of pyridine rings is 2. The highest BCUT2D eigenvalue weighted by Gasteiger charge is 2.31. The van der Waals surface area contributed by atoms with Crippen LogP contribution in [0.4, 0.5) is 24.7 Å². The molecule has 13 heteroatoms. The molecule has 0 saturated carbocycles. The number of carbonyl (C=O) groups is 2. The van der Waals surface area contributed by atoms with Gasteiger partial charge in [-0.3, -0.25) is 19.7 Å². The van der Waals surface area contributed by atoms with Gasteiger partial charge in [-0.2, -0.15) is 18.3 Å². The van der Waals surface area contributed by atoms with E-state index < -0.39 is 23.6 Å². The van der Waals surface area contributed by atoms with Crippen LogP contribution in [0.15, 0.2) is 30.7 Å². The van der Waals surface area contributed by atoms with E-state index in [0.29, 0.717) is 17.1 Å². The van der Waals surface area contributed by atoms with Gasteiger partial charge in [-0.1, -0.05) is 0 Å². The van der Waals surface area contributed by atoms with Gasteiger partial charge in [0, 0.05) is 19.9 Å². The van der Waals surface area contributed by atoms with Gasteiger partial charge in [0.25, 0.3) is 0 Å². The van der Waals surface area contributed by atoms with E-state index in [-0.39, 0.29) is 36.9 Å². The predicted octanol–water partition coefficient (Wildman–Crippen LogP) is 1.57. The Labute approximate surface area is 173 Å². The maximum Gasteiger partial charge on any atom is 0.417 e. The second-order valence-corrected chi connectivity index (χ2v) is 6.43. The number of H-pyrrole nitrogens is 1. The summed E-state index contributed by atoms with van der Waals surface area (Å²) in [5.41, 5.74) is 5.58. The summed E-state index contributed by atoms with van der Waals surface area (Å²) in [7, 11) is 1.41. The molecule has 0 atom stereocenters. The van der Waals surface area contributed by atoms with Gasteiger partial charge >= 0.3 is 18.0 Å². The number of ether oxygens (including phenoxy) is 1. The number of carbonyl (C=O) groups excluding carboxylic acids is 2. The van der Waals surface area contributed by atoms with E-state index in [1.54, 1.807) is 0 Å². The van der Waals surface area contributed by atoms with Gasteiger partial charge in [0.2, 0.25) is 0 Å². The Kier molecular flexibility index (Phi) is 6.34. The molecule has 2 amide bonds. The molecule has 0 radical (unpaired) electrons. The number of nitrogen functional groups attached to an aromatic ring is 1. The number of amides is 2. The number of methoxy groups -OCH3 is 1. The standard InChI is InChI=1S/C18H18F3N7O3/c1-31-5-4-28(9-11-3-2-10(6-23-11)18(19,20)21)17(30)16(29)26-13-8-24-15(22)12-7-25-27-14(12)13/h2-3,6-8H,4-5,9H2,1H3,(H2,22,24)(H,25,27)(H,26,29). The summed E-state index contributed by atoms with van der Waals surface area (Å²) in [5, 5.41) is 9.41. The molecule has 3 aromatic rings. The molecule has 0 aliphatic carbocycles. The lowest BCUT2D eigenvalue weighted by atomic mass is 10.2. The number of rotatable bonds is 6. The molecular formula is C18H18F3N7O3. The van der Waals surface area contributed by atoms with Crippen LogP contribution in [0, 0.1) is 0 Å². The molecule has 0 fully saturated rings. The normalized spacial score (nSPS) is 11.5. The molecule has 3 rings (SSSR count). The van der Waals surface area contributed by atoms with Crippen molar-refractivity contribution >= 4 is 34.2 Å². The van der Waals surface area contributed by atoms with E-state index in [1.807, 2.05) is 0 Å². The zero-order chi connectivity index (χ0) is 22.6. The average Bonchev–Trinajstić information content (AvgIpc) is 3.23. The molecule has 4 N–H and O–H groups in total. The second-order valence-electron chi connectivity index (χ2n) is 6.43. The number of nitrogens with two attached hydrogens (primary N) is 1. The minimum Gasteiger partial charge on any atom is -0.383 e. The number of hydrogen-bond donors (Lipinski definition) is 3. The summed E-state index contributed by atoms with van der Waals surface area (Å²) in [4.78, 5) is 34.0. The monoisotopic (exact) mass is 437 g/mol. The third-order valence-corrected chi connectivity index (χ3v) is 4.32. The van der Waals surface area contributed by atoms with E-state index in [9.17, 15) is 22.8 Å². The lowest BCUT2D eigenvalue weighted by Gasteiger charge is -2.21. The van der Waals surface area contributed by atoms with Crippen LogP contribution in [-0.4, -0.2) is 57.1 Å². The summed E-state index contributed by atoms with van der Waals surface area (Å²) in [6, 6.07) is 2.00. The highest BCUT2D eigenvalue weighted by molar-refractivity contribution is 6.40. The molecule has 0 aromatic carbocycles. The summed E-state index contributed by atoms with van der Waals surface area (Å²) in [6.45, 7) is -0.0635. The van der Waals surface area contributed by atoms with E-state index in [4.69, 9.17) is 10.5 Å². The maximum absolute atomic E-state index is 12.7. The summed E-state index contributed by atoms with van der Waals surface area (Å²) < 4.78 is 43.1. The average molecular weight is 437 g/mol. The lowest BCUT2D eigenvalue weighted by Crippen LogP contribution is -2.41. The zero-order valence-corrected chi connectivity index (χ0v) is 16.2. The van der Waals surface area contributed by atoms with Crippen LogP contribution in [0.5, 0.6) is 0 Å². The van der Waals surface area contributed by atoms with Crippen LogP contribution < -0.4 is 11.1 Å². The first kappa shape index (κ1) is 22.0. The van der Waals surface area contributed by atoms with E-state index >= 15 is 0 Å². The van der Waals surface area contributed by atoms with Crippen molar-refractivity contribution in [1.29, 1.82) is 0 Å². The Balaban J connectivity index is 1.76. The number of nitrogens with one attached hydrogen (secondary N) is 2. The van der Waals surface area contributed by atoms with E-state index in [2.05, 4.69) is 25.5 Å². The number of aromatic nitrogens is 4. The highest BCUT2D eigenvalue weighted by Crippen LogP contribution is 2.28. The fourth-order valence-electron chi connectivity index (χ4n) is 2.70. The lowest BCUT2D eigenvalue weighted by molar-refractivity contribution is -0.144. The Bertz CT molecular complexity index is 1080. The van der Waals surface area contributed by atoms with Crippen LogP contribution in [0.25, 0.3) is 10.9 Å².